The summed E-state index contributed by atoms with van der Waals surface area (Å²) in [6, 6.07) is 14.0. The maximum atomic E-state index is 12.1. The summed E-state index contributed by atoms with van der Waals surface area (Å²) < 4.78 is 1.09. The van der Waals surface area contributed by atoms with Crippen molar-refractivity contribution in [3.63, 3.8) is 0 Å². The Morgan fingerprint density at radius 3 is 2.61 bits per heavy atom. The van der Waals surface area contributed by atoms with E-state index in [1.54, 1.807) is 0 Å². The molecule has 4 heteroatoms. The molecule has 2 aromatic rings. The first-order chi connectivity index (χ1) is 11.0. The zero-order valence-corrected chi connectivity index (χ0v) is 15.4. The molecule has 0 bridgehead atoms. The smallest absolute Gasteiger partial charge is 0.226 e. The van der Waals surface area contributed by atoms with Crippen LogP contribution in [0.15, 0.2) is 46.9 Å². The van der Waals surface area contributed by atoms with E-state index in [4.69, 9.17) is 0 Å². The quantitative estimate of drug-likeness (QED) is 0.717. The Morgan fingerprint density at radius 1 is 1.17 bits per heavy atom. The van der Waals surface area contributed by atoms with Crippen LogP contribution in [0.1, 0.15) is 37.3 Å². The molecule has 0 aromatic heterocycles. The summed E-state index contributed by atoms with van der Waals surface area (Å²) in [6.07, 6.45) is 0.432. The Morgan fingerprint density at radius 2 is 1.91 bits per heavy atom. The van der Waals surface area contributed by atoms with Crippen molar-refractivity contribution in [1.29, 1.82) is 0 Å². The monoisotopic (exact) mass is 374 g/mol. The largest absolute Gasteiger partial charge is 0.385 e. The molecule has 2 rings (SSSR count). The fourth-order valence-corrected chi connectivity index (χ4v) is 2.65. The molecular formula is C19H23BrN2O. The Labute approximate surface area is 146 Å². The highest BCUT2D eigenvalue weighted by Crippen LogP contribution is 2.24. The van der Waals surface area contributed by atoms with Gasteiger partial charge in [-0.3, -0.25) is 4.79 Å². The fourth-order valence-electron chi connectivity index (χ4n) is 2.40. The van der Waals surface area contributed by atoms with Crippen LogP contribution in [0.25, 0.3) is 0 Å². The van der Waals surface area contributed by atoms with Crippen LogP contribution >= 0.6 is 15.9 Å². The summed E-state index contributed by atoms with van der Waals surface area (Å²) in [5.74, 6) is 0.412. The van der Waals surface area contributed by atoms with E-state index >= 15 is 0 Å². The molecule has 0 heterocycles. The first-order valence-corrected chi connectivity index (χ1v) is 8.65. The number of carbonyl (C=O) groups is 1. The molecule has 3 nitrogen and oxygen atoms in total. The number of aryl methyl sites for hydroxylation is 1. The molecule has 1 amide bonds. The van der Waals surface area contributed by atoms with Crippen LogP contribution in [0.3, 0.4) is 0 Å². The van der Waals surface area contributed by atoms with Crippen molar-refractivity contribution in [2.45, 2.75) is 33.1 Å². The molecular weight excluding hydrogens is 352 g/mol. The molecule has 2 N–H and O–H groups in total. The molecule has 0 saturated carbocycles. The predicted molar refractivity (Wildman–Crippen MR) is 101 cm³/mol. The zero-order chi connectivity index (χ0) is 16.8. The minimum absolute atomic E-state index is 0.0273. The number of hydrogen-bond donors (Lipinski definition) is 2. The Bertz CT molecular complexity index is 683. The lowest BCUT2D eigenvalue weighted by Crippen LogP contribution is -2.17. The van der Waals surface area contributed by atoms with Gasteiger partial charge in [-0.1, -0.05) is 48.0 Å². The third-order valence-corrected chi connectivity index (χ3v) is 4.59. The van der Waals surface area contributed by atoms with Gasteiger partial charge >= 0.3 is 0 Å². The van der Waals surface area contributed by atoms with E-state index in [1.807, 2.05) is 37.3 Å². The lowest BCUT2D eigenvalue weighted by molar-refractivity contribution is -0.115. The van der Waals surface area contributed by atoms with Gasteiger partial charge in [0.15, 0.2) is 0 Å². The fraction of sp³-hybridized carbons (Fsp3) is 0.316. The number of rotatable bonds is 6. The highest BCUT2D eigenvalue weighted by molar-refractivity contribution is 9.10. The van der Waals surface area contributed by atoms with Gasteiger partial charge in [-0.05, 0) is 48.2 Å². The number of nitrogens with one attached hydrogen (secondary N) is 2. The van der Waals surface area contributed by atoms with Crippen molar-refractivity contribution in [2.75, 3.05) is 17.2 Å². The van der Waals surface area contributed by atoms with Crippen molar-refractivity contribution in [3.8, 4) is 0 Å². The van der Waals surface area contributed by atoms with Gasteiger partial charge in [-0.15, -0.1) is 0 Å². The highest BCUT2D eigenvalue weighted by atomic mass is 79.9. The second-order valence-corrected chi connectivity index (χ2v) is 6.79. The molecule has 0 aliphatic carbocycles. The maximum Gasteiger partial charge on any atom is 0.226 e. The summed E-state index contributed by atoms with van der Waals surface area (Å²) in [5, 5.41) is 6.30. The normalized spacial score (nSPS) is 10.7. The van der Waals surface area contributed by atoms with Gasteiger partial charge in [0.1, 0.15) is 0 Å². The molecule has 0 spiro atoms. The Kier molecular flexibility index (Phi) is 6.22. The van der Waals surface area contributed by atoms with Crippen LogP contribution in [-0.2, 0) is 4.79 Å². The van der Waals surface area contributed by atoms with E-state index in [0.717, 1.165) is 21.4 Å². The van der Waals surface area contributed by atoms with Crippen molar-refractivity contribution < 1.29 is 4.79 Å². The van der Waals surface area contributed by atoms with Crippen LogP contribution in [0.4, 0.5) is 11.4 Å². The summed E-state index contributed by atoms with van der Waals surface area (Å²) in [5.41, 5.74) is 4.27. The molecule has 0 radical (unpaired) electrons. The van der Waals surface area contributed by atoms with Gasteiger partial charge in [0.05, 0.1) is 0 Å². The van der Waals surface area contributed by atoms with E-state index in [9.17, 15) is 4.79 Å². The first kappa shape index (κ1) is 17.5. The first-order valence-electron chi connectivity index (χ1n) is 7.86. The van der Waals surface area contributed by atoms with E-state index in [1.165, 1.54) is 5.56 Å². The van der Waals surface area contributed by atoms with Gasteiger partial charge in [-0.25, -0.2) is 0 Å². The summed E-state index contributed by atoms with van der Waals surface area (Å²) in [4.78, 5) is 12.1. The number of halogens is 1. The van der Waals surface area contributed by atoms with E-state index in [2.05, 4.69) is 52.5 Å². The molecule has 0 fully saturated rings. The van der Waals surface area contributed by atoms with Gasteiger partial charge < -0.3 is 10.6 Å². The average molecular weight is 375 g/mol. The lowest BCUT2D eigenvalue weighted by Gasteiger charge is -2.14. The summed E-state index contributed by atoms with van der Waals surface area (Å²) in [6.45, 7) is 6.91. The standard InChI is InChI=1S/C19H23BrN2O/c1-13(2)16-6-4-5-7-18(16)22-19(23)10-11-21-15-8-9-17(20)14(3)12-15/h4-9,12-13,21H,10-11H2,1-3H3,(H,22,23). The predicted octanol–water partition coefficient (Wildman–Crippen LogP) is 5.32. The van der Waals surface area contributed by atoms with Gasteiger partial charge in [0, 0.05) is 28.8 Å². The summed E-state index contributed by atoms with van der Waals surface area (Å²) in [7, 11) is 0. The number of anilines is 2. The molecule has 0 unspecified atom stereocenters. The molecule has 0 aliphatic rings. The zero-order valence-electron chi connectivity index (χ0n) is 13.8. The van der Waals surface area contributed by atoms with Gasteiger partial charge in [-0.2, -0.15) is 0 Å². The van der Waals surface area contributed by atoms with Crippen molar-refractivity contribution in [3.05, 3.63) is 58.1 Å². The van der Waals surface area contributed by atoms with E-state index in [0.29, 0.717) is 18.9 Å². The van der Waals surface area contributed by atoms with Gasteiger partial charge in [0.25, 0.3) is 0 Å². The Balaban J connectivity index is 1.87. The molecule has 0 atom stereocenters. The number of carbonyl (C=O) groups excluding carboxylic acids is 1. The minimum Gasteiger partial charge on any atom is -0.385 e. The number of amides is 1. The molecule has 122 valence electrons. The van der Waals surface area contributed by atoms with Crippen LogP contribution in [0, 0.1) is 6.92 Å². The number of hydrogen-bond acceptors (Lipinski definition) is 2. The summed E-state index contributed by atoms with van der Waals surface area (Å²) >= 11 is 3.48. The third kappa shape index (κ3) is 5.10. The van der Waals surface area contributed by atoms with E-state index in [-0.39, 0.29) is 5.91 Å². The SMILES string of the molecule is Cc1cc(NCCC(=O)Nc2ccccc2C(C)C)ccc1Br. The van der Waals surface area contributed by atoms with Crippen LogP contribution < -0.4 is 10.6 Å². The number of benzene rings is 2. The van der Waals surface area contributed by atoms with Crippen molar-refractivity contribution in [2.24, 2.45) is 0 Å². The van der Waals surface area contributed by atoms with Crippen molar-refractivity contribution in [1.82, 2.24) is 0 Å². The molecule has 2 aromatic carbocycles. The Hall–Kier alpha value is -1.81. The van der Waals surface area contributed by atoms with Crippen LogP contribution in [-0.4, -0.2) is 12.5 Å². The molecule has 23 heavy (non-hydrogen) atoms. The lowest BCUT2D eigenvalue weighted by atomic mass is 10.0. The molecule has 0 aliphatic heterocycles. The second kappa shape index (κ2) is 8.16. The van der Waals surface area contributed by atoms with E-state index < -0.39 is 0 Å². The highest BCUT2D eigenvalue weighted by Gasteiger charge is 2.09. The van der Waals surface area contributed by atoms with Crippen LogP contribution in [0.2, 0.25) is 0 Å². The topological polar surface area (TPSA) is 41.1 Å². The maximum absolute atomic E-state index is 12.1. The second-order valence-electron chi connectivity index (χ2n) is 5.93. The third-order valence-electron chi connectivity index (χ3n) is 3.70. The minimum atomic E-state index is 0.0273. The average Bonchev–Trinajstić information content (AvgIpc) is 2.51. The van der Waals surface area contributed by atoms with Crippen LogP contribution in [0.5, 0.6) is 0 Å². The number of para-hydroxylation sites is 1. The van der Waals surface area contributed by atoms with Crippen molar-refractivity contribution >= 4 is 33.2 Å². The van der Waals surface area contributed by atoms with Gasteiger partial charge in [0.2, 0.25) is 5.91 Å². The molecule has 0 saturated heterocycles.